The van der Waals surface area contributed by atoms with Gasteiger partial charge in [0.25, 0.3) is 5.24 Å². The summed E-state index contributed by atoms with van der Waals surface area (Å²) in [4.78, 5) is 29.7. The van der Waals surface area contributed by atoms with Crippen LogP contribution in [0.25, 0.3) is 10.9 Å². The highest BCUT2D eigenvalue weighted by Crippen LogP contribution is 2.15. The van der Waals surface area contributed by atoms with Crippen molar-refractivity contribution in [2.24, 2.45) is 0 Å². The molecule has 0 amide bonds. The first-order valence-electron chi connectivity index (χ1n) is 6.52. The van der Waals surface area contributed by atoms with E-state index < -0.39 is 11.2 Å². The highest BCUT2D eigenvalue weighted by Gasteiger charge is 2.10. The van der Waals surface area contributed by atoms with Crippen molar-refractivity contribution in [3.05, 3.63) is 65.6 Å². The molecule has 0 bridgehead atoms. The van der Waals surface area contributed by atoms with Crippen LogP contribution in [0.2, 0.25) is 0 Å². The van der Waals surface area contributed by atoms with E-state index in [2.05, 4.69) is 9.97 Å². The van der Waals surface area contributed by atoms with E-state index in [0.29, 0.717) is 0 Å². The molecule has 110 valence electrons. The maximum Gasteiger partial charge on any atom is 0.340 e. The molecule has 22 heavy (non-hydrogen) atoms. The van der Waals surface area contributed by atoms with Crippen LogP contribution in [0, 0.1) is 0 Å². The van der Waals surface area contributed by atoms with Crippen LogP contribution in [0.1, 0.15) is 26.4 Å². The Labute approximate surface area is 130 Å². The van der Waals surface area contributed by atoms with Crippen LogP contribution in [-0.2, 0) is 11.3 Å². The molecule has 0 spiro atoms. The maximum atomic E-state index is 11.9. The number of nitrogens with zero attached hydrogens (tertiary/aromatic N) is 1. The number of esters is 1. The molecule has 0 aliphatic heterocycles. The van der Waals surface area contributed by atoms with Gasteiger partial charge < -0.3 is 9.72 Å². The van der Waals surface area contributed by atoms with Crippen LogP contribution in [0.15, 0.2) is 48.8 Å². The third-order valence-electron chi connectivity index (χ3n) is 3.19. The zero-order chi connectivity index (χ0) is 15.5. The van der Waals surface area contributed by atoms with Crippen LogP contribution in [0.3, 0.4) is 0 Å². The fourth-order valence-electron chi connectivity index (χ4n) is 2.05. The van der Waals surface area contributed by atoms with Crippen molar-refractivity contribution in [2.75, 3.05) is 0 Å². The lowest BCUT2D eigenvalue weighted by Crippen LogP contribution is -2.06. The lowest BCUT2D eigenvalue weighted by atomic mass is 10.2. The number of benzene rings is 1. The zero-order valence-corrected chi connectivity index (χ0v) is 12.1. The number of H-pyrrole nitrogens is 1. The standard InChI is InChI=1S/C16H11ClN2O3/c17-15(20)13-4-3-12(8-19-13)16(21)22-9-10-1-2-11-5-6-18-14(11)7-10/h1-8,18H,9H2. The summed E-state index contributed by atoms with van der Waals surface area (Å²) >= 11 is 5.29. The van der Waals surface area contributed by atoms with Gasteiger partial charge in [-0.3, -0.25) is 9.78 Å². The van der Waals surface area contributed by atoms with Crippen molar-refractivity contribution < 1.29 is 14.3 Å². The molecule has 1 N–H and O–H groups in total. The van der Waals surface area contributed by atoms with Crippen LogP contribution in [0.4, 0.5) is 0 Å². The highest BCUT2D eigenvalue weighted by molar-refractivity contribution is 6.67. The van der Waals surface area contributed by atoms with E-state index in [9.17, 15) is 9.59 Å². The fraction of sp³-hybridized carbons (Fsp3) is 0.0625. The minimum atomic E-state index is -0.667. The fourth-order valence-corrected chi connectivity index (χ4v) is 2.16. The summed E-state index contributed by atoms with van der Waals surface area (Å²) in [5.41, 5.74) is 2.22. The molecule has 0 aliphatic carbocycles. The van der Waals surface area contributed by atoms with Gasteiger partial charge in [0.15, 0.2) is 0 Å². The molecule has 0 unspecified atom stereocenters. The number of fused-ring (bicyclic) bond motifs is 1. The van der Waals surface area contributed by atoms with Gasteiger partial charge in [0.2, 0.25) is 0 Å². The molecule has 3 aromatic rings. The first kappa shape index (κ1) is 14.3. The number of carbonyl (C=O) groups is 2. The molecule has 5 nitrogen and oxygen atoms in total. The molecule has 0 aliphatic rings. The van der Waals surface area contributed by atoms with Gasteiger partial charge in [-0.2, -0.15) is 0 Å². The Hall–Kier alpha value is -2.66. The summed E-state index contributed by atoms with van der Waals surface area (Å²) < 4.78 is 5.23. The van der Waals surface area contributed by atoms with Gasteiger partial charge in [0.1, 0.15) is 12.3 Å². The number of rotatable bonds is 4. The molecule has 2 heterocycles. The molecule has 1 aromatic carbocycles. The number of ether oxygens (including phenoxy) is 1. The summed E-state index contributed by atoms with van der Waals surface area (Å²) in [5.74, 6) is -0.507. The van der Waals surface area contributed by atoms with Crippen LogP contribution in [-0.4, -0.2) is 21.2 Å². The van der Waals surface area contributed by atoms with Gasteiger partial charge in [-0.1, -0.05) is 12.1 Å². The van der Waals surface area contributed by atoms with Gasteiger partial charge >= 0.3 is 5.97 Å². The minimum absolute atomic E-state index is 0.0930. The zero-order valence-electron chi connectivity index (χ0n) is 11.4. The Morgan fingerprint density at radius 2 is 2.05 bits per heavy atom. The molecule has 0 atom stereocenters. The van der Waals surface area contributed by atoms with Crippen molar-refractivity contribution >= 4 is 33.7 Å². The van der Waals surface area contributed by atoms with E-state index in [-0.39, 0.29) is 17.9 Å². The van der Waals surface area contributed by atoms with E-state index in [1.54, 1.807) is 0 Å². The lowest BCUT2D eigenvalue weighted by molar-refractivity contribution is 0.0472. The second kappa shape index (κ2) is 5.99. The summed E-state index contributed by atoms with van der Waals surface area (Å²) in [7, 11) is 0. The molecule has 0 fully saturated rings. The van der Waals surface area contributed by atoms with Crippen molar-refractivity contribution in [1.29, 1.82) is 0 Å². The van der Waals surface area contributed by atoms with E-state index in [0.717, 1.165) is 16.5 Å². The quantitative estimate of drug-likeness (QED) is 0.592. The lowest BCUT2D eigenvalue weighted by Gasteiger charge is -2.05. The molecular formula is C16H11ClN2O3. The monoisotopic (exact) mass is 314 g/mol. The molecule has 3 rings (SSSR count). The van der Waals surface area contributed by atoms with Gasteiger partial charge in [-0.05, 0) is 46.8 Å². The number of halogens is 1. The van der Waals surface area contributed by atoms with Crippen LogP contribution in [0.5, 0.6) is 0 Å². The first-order chi connectivity index (χ1) is 10.6. The number of pyridine rings is 1. The second-order valence-electron chi connectivity index (χ2n) is 4.68. The number of aromatic nitrogens is 2. The van der Waals surface area contributed by atoms with Crippen molar-refractivity contribution in [1.82, 2.24) is 9.97 Å². The van der Waals surface area contributed by atoms with Crippen molar-refractivity contribution in [3.8, 4) is 0 Å². The van der Waals surface area contributed by atoms with E-state index in [4.69, 9.17) is 16.3 Å². The topological polar surface area (TPSA) is 72.1 Å². The maximum absolute atomic E-state index is 11.9. The highest BCUT2D eigenvalue weighted by atomic mass is 35.5. The predicted molar refractivity (Wildman–Crippen MR) is 81.8 cm³/mol. The van der Waals surface area contributed by atoms with Crippen molar-refractivity contribution in [2.45, 2.75) is 6.61 Å². The smallest absolute Gasteiger partial charge is 0.340 e. The third kappa shape index (κ3) is 2.99. The van der Waals surface area contributed by atoms with E-state index in [1.807, 2.05) is 30.5 Å². The van der Waals surface area contributed by atoms with Gasteiger partial charge in [0, 0.05) is 17.9 Å². The van der Waals surface area contributed by atoms with Crippen LogP contribution >= 0.6 is 11.6 Å². The van der Waals surface area contributed by atoms with E-state index in [1.165, 1.54) is 18.3 Å². The Balaban J connectivity index is 1.67. The Bertz CT molecular complexity index is 840. The minimum Gasteiger partial charge on any atom is -0.457 e. The molecule has 0 saturated heterocycles. The molecule has 6 heteroatoms. The Morgan fingerprint density at radius 1 is 1.18 bits per heavy atom. The molecule has 0 radical (unpaired) electrons. The third-order valence-corrected chi connectivity index (χ3v) is 3.38. The summed E-state index contributed by atoms with van der Waals surface area (Å²) in [6, 6.07) is 10.6. The van der Waals surface area contributed by atoms with E-state index >= 15 is 0 Å². The Kier molecular flexibility index (Phi) is 3.89. The number of hydrogen-bond donors (Lipinski definition) is 1. The normalized spacial score (nSPS) is 10.6. The summed E-state index contributed by atoms with van der Waals surface area (Å²) in [5, 5.41) is 0.430. The molecule has 0 saturated carbocycles. The van der Waals surface area contributed by atoms with Crippen molar-refractivity contribution in [3.63, 3.8) is 0 Å². The number of hydrogen-bond acceptors (Lipinski definition) is 4. The second-order valence-corrected chi connectivity index (χ2v) is 5.02. The largest absolute Gasteiger partial charge is 0.457 e. The van der Waals surface area contributed by atoms with Gasteiger partial charge in [-0.25, -0.2) is 4.79 Å². The number of nitrogens with one attached hydrogen (secondary N) is 1. The summed E-state index contributed by atoms with van der Waals surface area (Å²) in [6.45, 7) is 0.157. The Morgan fingerprint density at radius 3 is 2.77 bits per heavy atom. The average Bonchev–Trinajstić information content (AvgIpc) is 3.00. The van der Waals surface area contributed by atoms with Gasteiger partial charge in [-0.15, -0.1) is 0 Å². The SMILES string of the molecule is O=C(OCc1ccc2cc[nH]c2c1)c1ccc(C(=O)Cl)nc1. The average molecular weight is 315 g/mol. The number of carbonyl (C=O) groups excluding carboxylic acids is 2. The predicted octanol–water partition coefficient (Wildman–Crippen LogP) is 3.30. The molecule has 2 aromatic heterocycles. The van der Waals surface area contributed by atoms with Gasteiger partial charge in [0.05, 0.1) is 5.56 Å². The molecular weight excluding hydrogens is 304 g/mol. The van der Waals surface area contributed by atoms with Crippen LogP contribution < -0.4 is 0 Å². The summed E-state index contributed by atoms with van der Waals surface area (Å²) in [6.07, 6.45) is 3.12. The number of aromatic amines is 1. The first-order valence-corrected chi connectivity index (χ1v) is 6.90.